The van der Waals surface area contributed by atoms with Crippen LogP contribution in [0.1, 0.15) is 10.1 Å². The maximum absolute atomic E-state index is 14.6. The highest BCUT2D eigenvalue weighted by Gasteiger charge is 3.00. The third-order valence-electron chi connectivity index (χ3n) is 7.86. The van der Waals surface area contributed by atoms with Crippen LogP contribution in [0.4, 0.5) is 162 Å². The van der Waals surface area contributed by atoms with Gasteiger partial charge in [-0.3, -0.25) is 0 Å². The third-order valence-corrected chi connectivity index (χ3v) is 12.3. The maximum Gasteiger partial charge on any atom is 0.499 e. The van der Waals surface area contributed by atoms with Gasteiger partial charge >= 0.3 is 88.3 Å². The standard InChI is InChI=1S/C23H3F37O5S2/c24-3-2(8(66(61,62)22(55,56)57)67(63,64)23(58,59)60)7(6(27)5(26)4(3)25)65-1-9(28,29)10(30,31)11(32,33)12(34,35)13(36,37)14(38,39)15(40,41)16(42,43)17(44,45)18(46,47)19(48,49)20(50,51)21(52,53)54/h8H,1H2. The number of rotatable bonds is 17. The van der Waals surface area contributed by atoms with Crippen molar-refractivity contribution in [2.45, 2.75) is 92.8 Å². The van der Waals surface area contributed by atoms with Crippen LogP contribution in [0.5, 0.6) is 5.75 Å². The van der Waals surface area contributed by atoms with Crippen molar-refractivity contribution < 1.29 is 184 Å². The summed E-state index contributed by atoms with van der Waals surface area (Å²) in [6.07, 6.45) is -8.46. The van der Waals surface area contributed by atoms with Gasteiger partial charge in [-0.25, -0.2) is 30.0 Å². The number of sulfone groups is 2. The largest absolute Gasteiger partial charge is 0.499 e. The lowest BCUT2D eigenvalue weighted by Gasteiger charge is -2.46. The van der Waals surface area contributed by atoms with Crippen LogP contribution in [0.15, 0.2) is 0 Å². The highest BCUT2D eigenvalue weighted by Crippen LogP contribution is 2.68. The average molecular weight is 1130 g/mol. The molecule has 0 saturated carbocycles. The Labute approximate surface area is 338 Å². The molecule has 0 aliphatic carbocycles. The quantitative estimate of drug-likeness (QED) is 0.0882. The van der Waals surface area contributed by atoms with E-state index in [0.717, 1.165) is 0 Å². The van der Waals surface area contributed by atoms with Crippen molar-refractivity contribution in [3.63, 3.8) is 0 Å². The van der Waals surface area contributed by atoms with Gasteiger partial charge in [0.1, 0.15) is 0 Å². The van der Waals surface area contributed by atoms with E-state index in [2.05, 4.69) is 4.74 Å². The van der Waals surface area contributed by atoms with E-state index in [-0.39, 0.29) is 0 Å². The lowest BCUT2D eigenvalue weighted by atomic mass is 9.84. The first-order chi connectivity index (χ1) is 28.5. The Morgan fingerprint density at radius 3 is 0.791 bits per heavy atom. The zero-order chi connectivity index (χ0) is 55.0. The molecule has 0 amide bonds. The molecule has 0 heterocycles. The summed E-state index contributed by atoms with van der Waals surface area (Å²) >= 11 is 0. The van der Waals surface area contributed by atoms with Gasteiger partial charge in [-0.05, 0) is 0 Å². The molecule has 44 heteroatoms. The molecule has 0 aromatic heterocycles. The van der Waals surface area contributed by atoms with E-state index in [9.17, 15) is 179 Å². The number of halogens is 37. The maximum atomic E-state index is 14.6. The van der Waals surface area contributed by atoms with Gasteiger partial charge in [0.25, 0.3) is 19.7 Å². The van der Waals surface area contributed by atoms with Crippen molar-refractivity contribution in [3.8, 4) is 5.75 Å². The normalized spacial score (nSPS) is 16.3. The molecule has 1 rings (SSSR count). The molecule has 0 aliphatic rings. The predicted octanol–water partition coefficient (Wildman–Crippen LogP) is 11.7. The topological polar surface area (TPSA) is 77.5 Å². The highest BCUT2D eigenvalue weighted by molar-refractivity contribution is 8.09. The van der Waals surface area contributed by atoms with Gasteiger partial charge in [-0.1, -0.05) is 0 Å². The van der Waals surface area contributed by atoms with E-state index < -0.39 is 154 Å². The summed E-state index contributed by atoms with van der Waals surface area (Å²) in [5.74, 6) is -138. The average Bonchev–Trinajstić information content (AvgIpc) is 3.09. The summed E-state index contributed by atoms with van der Waals surface area (Å²) in [6.45, 7) is -5.00. The van der Waals surface area contributed by atoms with Crippen LogP contribution >= 0.6 is 0 Å². The van der Waals surface area contributed by atoms with E-state index in [1.54, 1.807) is 0 Å². The molecule has 0 unspecified atom stereocenters. The van der Waals surface area contributed by atoms with Crippen LogP contribution in [-0.2, 0) is 19.7 Å². The molecule has 0 fully saturated rings. The number of hydrogen-bond donors (Lipinski definition) is 0. The lowest BCUT2D eigenvalue weighted by molar-refractivity contribution is -0.485. The molecular weight excluding hydrogens is 1120 g/mol. The summed E-state index contributed by atoms with van der Waals surface area (Å²) in [7, 11) is -17.5. The molecule has 396 valence electrons. The number of benzene rings is 1. The van der Waals surface area contributed by atoms with E-state index in [1.165, 1.54) is 0 Å². The number of alkyl halides is 33. The molecule has 0 radical (unpaired) electrons. The first-order valence-corrected chi connectivity index (χ1v) is 17.3. The second kappa shape index (κ2) is 15.9. The second-order valence-corrected chi connectivity index (χ2v) is 16.5. The zero-order valence-electron chi connectivity index (χ0n) is 28.6. The van der Waals surface area contributed by atoms with Gasteiger partial charge in [0.05, 0.1) is 5.56 Å². The van der Waals surface area contributed by atoms with Crippen molar-refractivity contribution >= 4 is 19.7 Å². The Bertz CT molecular complexity index is 2220. The Hall–Kier alpha value is -3.67. The monoisotopic (exact) mass is 1130 g/mol. The van der Waals surface area contributed by atoms with Crippen molar-refractivity contribution in [1.82, 2.24) is 0 Å². The Morgan fingerprint density at radius 2 is 0.552 bits per heavy atom. The zero-order valence-corrected chi connectivity index (χ0v) is 30.3. The Balaban J connectivity index is 4.21. The van der Waals surface area contributed by atoms with E-state index in [1.807, 2.05) is 0 Å². The van der Waals surface area contributed by atoms with E-state index >= 15 is 0 Å². The molecule has 0 aliphatic heterocycles. The fraction of sp³-hybridized carbons (Fsp3) is 0.739. The van der Waals surface area contributed by atoms with Gasteiger partial charge in [-0.2, -0.15) is 149 Å². The first kappa shape index (κ1) is 61.3. The molecule has 0 saturated heterocycles. The molecule has 5 nitrogen and oxygen atoms in total. The first-order valence-electron chi connectivity index (χ1n) is 14.2. The SMILES string of the molecule is O=S(=O)(C(c1c(F)c(F)c(F)c(F)c1OCC(F)(F)C(F)(F)C(F)(F)C(F)(F)C(F)(F)C(F)(F)C(F)(F)C(F)(F)C(F)(F)C(F)(F)C(F)(F)C(F)(F)C(F)(F)F)S(=O)(=O)C(F)(F)F)C(F)(F)F. The Morgan fingerprint density at radius 1 is 0.328 bits per heavy atom. The minimum absolute atomic E-state index is 2.65. The van der Waals surface area contributed by atoms with Crippen molar-refractivity contribution in [2.24, 2.45) is 0 Å². The van der Waals surface area contributed by atoms with Crippen LogP contribution < -0.4 is 4.74 Å². The summed E-state index contributed by atoms with van der Waals surface area (Å²) in [5, 5.41) is 0. The van der Waals surface area contributed by atoms with Crippen LogP contribution in [0.2, 0.25) is 0 Å². The van der Waals surface area contributed by atoms with Gasteiger partial charge in [0, 0.05) is 0 Å². The van der Waals surface area contributed by atoms with Gasteiger partial charge in [-0.15, -0.1) is 0 Å². The molecule has 0 spiro atoms. The van der Waals surface area contributed by atoms with Crippen LogP contribution in [-0.4, -0.2) is 112 Å². The fourth-order valence-corrected chi connectivity index (χ4v) is 7.65. The molecule has 0 N–H and O–H groups in total. The van der Waals surface area contributed by atoms with Gasteiger partial charge < -0.3 is 4.74 Å². The number of hydrogen-bond acceptors (Lipinski definition) is 5. The molecular formula is C23H3F37O5S2. The minimum Gasteiger partial charge on any atom is -0.483 e. The van der Waals surface area contributed by atoms with Crippen molar-refractivity contribution in [2.75, 3.05) is 6.61 Å². The summed E-state index contributed by atoms with van der Waals surface area (Å²) in [5.41, 5.74) is -19.8. The van der Waals surface area contributed by atoms with E-state index in [0.29, 0.717) is 0 Å². The van der Waals surface area contributed by atoms with Crippen LogP contribution in [0.3, 0.4) is 0 Å². The van der Waals surface area contributed by atoms with E-state index in [4.69, 9.17) is 0 Å². The molecule has 1 aromatic rings. The molecule has 1 aromatic carbocycles. The summed E-state index contributed by atoms with van der Waals surface area (Å²) < 4.78 is 549. The Kier molecular flexibility index (Phi) is 14.6. The summed E-state index contributed by atoms with van der Waals surface area (Å²) in [4.78, 5) is 0. The van der Waals surface area contributed by atoms with Crippen molar-refractivity contribution in [1.29, 1.82) is 0 Å². The fourth-order valence-electron chi connectivity index (χ4n) is 4.14. The molecule has 0 bridgehead atoms. The third kappa shape index (κ3) is 8.01. The highest BCUT2D eigenvalue weighted by atomic mass is 32.3. The summed E-state index contributed by atoms with van der Waals surface area (Å²) in [6, 6.07) is 0. The lowest BCUT2D eigenvalue weighted by Crippen LogP contribution is -2.79. The molecule has 67 heavy (non-hydrogen) atoms. The van der Waals surface area contributed by atoms with Gasteiger partial charge in [0.15, 0.2) is 24.0 Å². The van der Waals surface area contributed by atoms with Crippen LogP contribution in [0, 0.1) is 23.3 Å². The van der Waals surface area contributed by atoms with Crippen LogP contribution in [0.25, 0.3) is 0 Å². The predicted molar refractivity (Wildman–Crippen MR) is 130 cm³/mol. The number of ether oxygens (including phenoxy) is 1. The minimum atomic E-state index is -10.2. The van der Waals surface area contributed by atoms with Gasteiger partial charge in [0.2, 0.25) is 16.2 Å². The van der Waals surface area contributed by atoms with Crippen molar-refractivity contribution in [3.05, 3.63) is 28.8 Å². The second-order valence-electron chi connectivity index (χ2n) is 12.1. The molecule has 0 atom stereocenters. The smallest absolute Gasteiger partial charge is 0.483 e.